The predicted molar refractivity (Wildman–Crippen MR) is 231 cm³/mol. The van der Waals surface area contributed by atoms with Gasteiger partial charge in [0.25, 0.3) is 0 Å². The Morgan fingerprint density at radius 2 is 0.857 bits per heavy atom. The van der Waals surface area contributed by atoms with Crippen LogP contribution in [0.5, 0.6) is 0 Å². The van der Waals surface area contributed by atoms with Gasteiger partial charge >= 0.3 is 0 Å². The Labute approximate surface area is 327 Å². The summed E-state index contributed by atoms with van der Waals surface area (Å²) in [6.45, 7) is 4.75. The second-order valence-electron chi connectivity index (χ2n) is 15.7. The van der Waals surface area contributed by atoms with Crippen molar-refractivity contribution in [3.63, 3.8) is 0 Å². The van der Waals surface area contributed by atoms with Gasteiger partial charge in [0.05, 0.1) is 16.8 Å². The van der Waals surface area contributed by atoms with Crippen molar-refractivity contribution in [2.75, 3.05) is 0 Å². The number of rotatable bonds is 4. The van der Waals surface area contributed by atoms with E-state index in [1.165, 1.54) is 66.4 Å². The maximum atomic E-state index is 5.40. The molecule has 0 saturated carbocycles. The Morgan fingerprint density at radius 3 is 1.50 bits per heavy atom. The lowest BCUT2D eigenvalue weighted by atomic mass is 9.55. The molecular weight excluding hydrogens is 677 g/mol. The summed E-state index contributed by atoms with van der Waals surface area (Å²) in [5.74, 6) is 0.721. The van der Waals surface area contributed by atoms with Crippen LogP contribution in [0, 0.1) is 0 Å². The molecule has 1 aromatic heterocycles. The fraction of sp³-hybridized carbons (Fsp3) is 0.0741. The number of benzene rings is 8. The van der Waals surface area contributed by atoms with E-state index >= 15 is 0 Å². The van der Waals surface area contributed by atoms with E-state index in [0.717, 1.165) is 33.9 Å². The number of nitrogens with zero attached hydrogens (tertiary/aromatic N) is 2. The summed E-state index contributed by atoms with van der Waals surface area (Å²) < 4.78 is 0. The molecule has 0 bridgehead atoms. The second-order valence-corrected chi connectivity index (χ2v) is 15.7. The monoisotopic (exact) mass is 714 g/mol. The quantitative estimate of drug-likeness (QED) is 0.181. The van der Waals surface area contributed by atoms with Crippen LogP contribution in [-0.2, 0) is 10.8 Å². The topological polar surface area (TPSA) is 25.8 Å². The number of hydrogen-bond acceptors (Lipinski definition) is 2. The fourth-order valence-corrected chi connectivity index (χ4v) is 9.78. The molecule has 2 aliphatic carbocycles. The van der Waals surface area contributed by atoms with Crippen LogP contribution in [0.4, 0.5) is 0 Å². The molecule has 56 heavy (non-hydrogen) atoms. The standard InChI is InChI=1S/C54H38N2/c1-53(2)44-23-11-13-25-46(44)54(47-26-14-12-24-45(47)53)43-31-30-40(39-29-28-35-16-9-10-21-38(35)32-39)33-42(43)51-41(22-15-27-48(51)54)52-55-49(36-17-5-3-6-18-36)34-50(56-52)37-19-7-4-8-20-37/h3-34H,1-2H3. The Morgan fingerprint density at radius 1 is 0.339 bits per heavy atom. The van der Waals surface area contributed by atoms with Crippen molar-refractivity contribution >= 4 is 10.8 Å². The third-order valence-electron chi connectivity index (χ3n) is 12.4. The number of aromatic nitrogens is 2. The van der Waals surface area contributed by atoms with Crippen LogP contribution in [0.15, 0.2) is 194 Å². The summed E-state index contributed by atoms with van der Waals surface area (Å²) in [6, 6.07) is 70.7. The lowest BCUT2D eigenvalue weighted by molar-refractivity contribution is 0.563. The molecule has 8 aromatic carbocycles. The largest absolute Gasteiger partial charge is 0.228 e. The van der Waals surface area contributed by atoms with Crippen molar-refractivity contribution in [3.05, 3.63) is 228 Å². The molecule has 1 spiro atoms. The molecule has 11 rings (SSSR count). The zero-order valence-corrected chi connectivity index (χ0v) is 31.4. The summed E-state index contributed by atoms with van der Waals surface area (Å²) in [5.41, 5.74) is 17.0. The molecule has 2 aliphatic rings. The van der Waals surface area contributed by atoms with Gasteiger partial charge in [-0.3, -0.25) is 0 Å². The van der Waals surface area contributed by atoms with E-state index in [9.17, 15) is 0 Å². The fourth-order valence-electron chi connectivity index (χ4n) is 9.78. The van der Waals surface area contributed by atoms with Gasteiger partial charge in [0, 0.05) is 22.1 Å². The first-order valence-electron chi connectivity index (χ1n) is 19.5. The van der Waals surface area contributed by atoms with Gasteiger partial charge in [0.2, 0.25) is 0 Å². The lowest BCUT2D eigenvalue weighted by Crippen LogP contribution is -2.40. The summed E-state index contributed by atoms with van der Waals surface area (Å²) in [7, 11) is 0. The second kappa shape index (κ2) is 12.3. The third-order valence-corrected chi connectivity index (χ3v) is 12.4. The van der Waals surface area contributed by atoms with Gasteiger partial charge in [0.15, 0.2) is 5.82 Å². The van der Waals surface area contributed by atoms with Crippen molar-refractivity contribution in [1.82, 2.24) is 9.97 Å². The normalized spacial score (nSPS) is 14.2. The number of fused-ring (bicyclic) bond motifs is 10. The first kappa shape index (κ1) is 32.5. The van der Waals surface area contributed by atoms with Crippen LogP contribution in [0.2, 0.25) is 0 Å². The highest BCUT2D eigenvalue weighted by atomic mass is 14.9. The molecule has 0 fully saturated rings. The zero-order chi connectivity index (χ0) is 37.4. The molecule has 2 nitrogen and oxygen atoms in total. The molecule has 9 aromatic rings. The third kappa shape index (κ3) is 4.69. The SMILES string of the molecule is CC1(C)c2ccccc2C2(c3ccc(-c4ccc5ccccc5c4)cc3-c3c(-c4nc(-c5ccccc5)cc(-c5ccccc5)n4)cccc32)c2ccccc21. The summed E-state index contributed by atoms with van der Waals surface area (Å²) in [6.07, 6.45) is 0. The molecule has 0 unspecified atom stereocenters. The summed E-state index contributed by atoms with van der Waals surface area (Å²) >= 11 is 0. The first-order chi connectivity index (χ1) is 27.5. The van der Waals surface area contributed by atoms with Crippen LogP contribution in [0.1, 0.15) is 47.2 Å². The Balaban J connectivity index is 1.25. The van der Waals surface area contributed by atoms with Gasteiger partial charge in [-0.25, -0.2) is 9.97 Å². The smallest absolute Gasteiger partial charge is 0.161 e. The van der Waals surface area contributed by atoms with Gasteiger partial charge in [-0.15, -0.1) is 0 Å². The highest BCUT2D eigenvalue weighted by Crippen LogP contribution is 2.63. The summed E-state index contributed by atoms with van der Waals surface area (Å²) in [5, 5.41) is 2.48. The zero-order valence-electron chi connectivity index (χ0n) is 31.4. The van der Waals surface area contributed by atoms with Gasteiger partial charge in [0.1, 0.15) is 0 Å². The van der Waals surface area contributed by atoms with E-state index in [2.05, 4.69) is 208 Å². The van der Waals surface area contributed by atoms with E-state index in [1.807, 2.05) is 0 Å². The van der Waals surface area contributed by atoms with Crippen LogP contribution in [0.3, 0.4) is 0 Å². The molecule has 0 N–H and O–H groups in total. The van der Waals surface area contributed by atoms with Crippen LogP contribution >= 0.6 is 0 Å². The van der Waals surface area contributed by atoms with Gasteiger partial charge in [-0.1, -0.05) is 190 Å². The van der Waals surface area contributed by atoms with Crippen LogP contribution in [0.25, 0.3) is 66.9 Å². The Kier molecular flexibility index (Phi) is 7.15. The Bertz CT molecular complexity index is 2890. The van der Waals surface area contributed by atoms with E-state index < -0.39 is 5.41 Å². The van der Waals surface area contributed by atoms with E-state index in [-0.39, 0.29) is 5.41 Å². The van der Waals surface area contributed by atoms with Gasteiger partial charge < -0.3 is 0 Å². The Hall–Kier alpha value is -6.90. The first-order valence-corrected chi connectivity index (χ1v) is 19.5. The average molecular weight is 715 g/mol. The van der Waals surface area contributed by atoms with Crippen molar-refractivity contribution in [2.24, 2.45) is 0 Å². The van der Waals surface area contributed by atoms with Crippen LogP contribution < -0.4 is 0 Å². The maximum Gasteiger partial charge on any atom is 0.161 e. The highest BCUT2D eigenvalue weighted by Gasteiger charge is 2.53. The molecule has 0 radical (unpaired) electrons. The molecule has 2 heteroatoms. The minimum absolute atomic E-state index is 0.179. The van der Waals surface area contributed by atoms with Crippen molar-refractivity contribution < 1.29 is 0 Å². The molecule has 1 heterocycles. The molecule has 0 saturated heterocycles. The molecular formula is C54H38N2. The summed E-state index contributed by atoms with van der Waals surface area (Å²) in [4.78, 5) is 10.8. The van der Waals surface area contributed by atoms with Crippen LogP contribution in [-0.4, -0.2) is 9.97 Å². The van der Waals surface area contributed by atoms with Gasteiger partial charge in [-0.2, -0.15) is 0 Å². The average Bonchev–Trinajstić information content (AvgIpc) is 3.56. The maximum absolute atomic E-state index is 5.40. The minimum atomic E-state index is -0.537. The van der Waals surface area contributed by atoms with Crippen molar-refractivity contribution in [2.45, 2.75) is 24.7 Å². The van der Waals surface area contributed by atoms with E-state index in [0.29, 0.717) is 0 Å². The predicted octanol–water partition coefficient (Wildman–Crippen LogP) is 13.3. The van der Waals surface area contributed by atoms with Crippen molar-refractivity contribution in [3.8, 4) is 56.2 Å². The minimum Gasteiger partial charge on any atom is -0.228 e. The molecule has 0 aliphatic heterocycles. The van der Waals surface area contributed by atoms with E-state index in [4.69, 9.17) is 9.97 Å². The van der Waals surface area contributed by atoms with Gasteiger partial charge in [-0.05, 0) is 84.6 Å². The molecule has 264 valence electrons. The number of hydrogen-bond donors (Lipinski definition) is 0. The lowest BCUT2D eigenvalue weighted by Gasteiger charge is -2.46. The van der Waals surface area contributed by atoms with Crippen molar-refractivity contribution in [1.29, 1.82) is 0 Å². The highest BCUT2D eigenvalue weighted by molar-refractivity contribution is 5.98. The van der Waals surface area contributed by atoms with E-state index in [1.54, 1.807) is 0 Å². The molecule has 0 atom stereocenters. The molecule has 0 amide bonds.